The number of anilines is 1. The lowest BCUT2D eigenvalue weighted by Gasteiger charge is -2.21. The minimum atomic E-state index is -2.92. The number of hydrogen-bond acceptors (Lipinski definition) is 10. The largest absolute Gasteiger partial charge is 0.444 e. The Morgan fingerprint density at radius 1 is 0.937 bits per heavy atom. The van der Waals surface area contributed by atoms with Crippen LogP contribution in [-0.2, 0) is 45.4 Å². The molecule has 4 aromatic heterocycles. The molecule has 8 rings (SSSR count). The summed E-state index contributed by atoms with van der Waals surface area (Å²) in [5.41, 5.74) is 4.81. The van der Waals surface area contributed by atoms with E-state index < -0.39 is 24.1 Å². The molecule has 1 amide bonds. The molecule has 1 unspecified atom stereocenters. The molecular formula is C47H51F2N7O7. The van der Waals surface area contributed by atoms with Crippen molar-refractivity contribution in [3.05, 3.63) is 112 Å². The number of Topliss-reactive ketones (excluding diaryl/α,β-unsaturated/α-hetero) is 2. The molecule has 4 heterocycles. The smallest absolute Gasteiger partial charge is 0.329 e. The predicted octanol–water partition coefficient (Wildman–Crippen LogP) is 7.96. The third-order valence-corrected chi connectivity index (χ3v) is 11.8. The van der Waals surface area contributed by atoms with E-state index in [0.717, 1.165) is 66.8 Å². The molecule has 63 heavy (non-hydrogen) atoms. The summed E-state index contributed by atoms with van der Waals surface area (Å²) in [6.07, 6.45) is 10.3. The van der Waals surface area contributed by atoms with Crippen molar-refractivity contribution in [1.29, 1.82) is 0 Å². The molecular weight excluding hydrogens is 813 g/mol. The van der Waals surface area contributed by atoms with Crippen LogP contribution in [0.3, 0.4) is 0 Å². The quantitative estimate of drug-likeness (QED) is 0.0554. The molecule has 16 heteroatoms. The maximum absolute atomic E-state index is 14.1. The number of alkyl halides is 2. The highest BCUT2D eigenvalue weighted by Gasteiger charge is 2.32. The van der Waals surface area contributed by atoms with Gasteiger partial charge in [-0.05, 0) is 98.7 Å². The lowest BCUT2D eigenvalue weighted by Crippen LogP contribution is -2.34. The topological polar surface area (TPSA) is 165 Å². The van der Waals surface area contributed by atoms with Gasteiger partial charge in [-0.1, -0.05) is 37.1 Å². The number of ketones is 2. The summed E-state index contributed by atoms with van der Waals surface area (Å²) in [5, 5.41) is 6.61. The summed E-state index contributed by atoms with van der Waals surface area (Å²) in [6, 6.07) is 16.2. The lowest BCUT2D eigenvalue weighted by molar-refractivity contribution is -0.132. The minimum Gasteiger partial charge on any atom is -0.444 e. The molecule has 330 valence electrons. The second-order valence-electron chi connectivity index (χ2n) is 16.4. The number of carbonyl (C=O) groups excluding carboxylic acids is 3. The van der Waals surface area contributed by atoms with E-state index in [1.165, 1.54) is 30.0 Å². The van der Waals surface area contributed by atoms with Crippen molar-refractivity contribution < 1.29 is 37.1 Å². The molecule has 6 aromatic rings. The number of carbonyl (C=O) groups is 3. The molecule has 0 radical (unpaired) electrons. The number of aryl methyl sites for hydroxylation is 4. The lowest BCUT2D eigenvalue weighted by atomic mass is 9.92. The van der Waals surface area contributed by atoms with Crippen LogP contribution < -0.4 is 11.0 Å². The van der Waals surface area contributed by atoms with E-state index in [9.17, 15) is 28.0 Å². The van der Waals surface area contributed by atoms with Crippen LogP contribution >= 0.6 is 0 Å². The number of aromatic nitrogens is 6. The molecule has 1 atom stereocenters. The Kier molecular flexibility index (Phi) is 13.8. The summed E-state index contributed by atoms with van der Waals surface area (Å²) in [4.78, 5) is 59.4. The zero-order chi connectivity index (χ0) is 43.9. The van der Waals surface area contributed by atoms with Gasteiger partial charge in [-0.15, -0.1) is 0 Å². The number of para-hydroxylation sites is 1. The normalized spacial score (nSPS) is 15.5. The number of unbranched alkanes of at least 4 members (excludes halogenated alkanes) is 1. The van der Waals surface area contributed by atoms with Gasteiger partial charge in [0.1, 0.15) is 12.0 Å². The second-order valence-corrected chi connectivity index (χ2v) is 16.4. The van der Waals surface area contributed by atoms with Gasteiger partial charge in [-0.25, -0.2) is 23.2 Å². The van der Waals surface area contributed by atoms with Gasteiger partial charge in [0.2, 0.25) is 5.89 Å². The summed E-state index contributed by atoms with van der Waals surface area (Å²) in [7, 11) is 1.72. The molecule has 14 nitrogen and oxygen atoms in total. The van der Waals surface area contributed by atoms with Crippen LogP contribution in [0.4, 0.5) is 14.5 Å². The maximum atomic E-state index is 14.1. The number of rotatable bonds is 21. The number of amides is 1. The van der Waals surface area contributed by atoms with Crippen LogP contribution in [0.5, 0.6) is 0 Å². The molecule has 2 aromatic carbocycles. The summed E-state index contributed by atoms with van der Waals surface area (Å²) in [6.45, 7) is 2.05. The first-order valence-corrected chi connectivity index (χ1v) is 21.7. The van der Waals surface area contributed by atoms with Crippen molar-refractivity contribution in [3.63, 3.8) is 0 Å². The monoisotopic (exact) mass is 863 g/mol. The molecule has 2 aliphatic rings. The highest BCUT2D eigenvalue weighted by Crippen LogP contribution is 2.34. The third kappa shape index (κ3) is 10.6. The average molecular weight is 864 g/mol. The van der Waals surface area contributed by atoms with Crippen molar-refractivity contribution >= 4 is 34.2 Å². The van der Waals surface area contributed by atoms with E-state index in [1.54, 1.807) is 40.6 Å². The van der Waals surface area contributed by atoms with Crippen LogP contribution in [-0.4, -0.2) is 72.8 Å². The first-order chi connectivity index (χ1) is 30.6. The molecule has 0 aliphatic heterocycles. The van der Waals surface area contributed by atoms with Crippen molar-refractivity contribution in [3.8, 4) is 17.1 Å². The van der Waals surface area contributed by atoms with Gasteiger partial charge in [0, 0.05) is 44.1 Å². The second kappa shape index (κ2) is 19.9. The Morgan fingerprint density at radius 2 is 1.73 bits per heavy atom. The zero-order valence-electron chi connectivity index (χ0n) is 35.3. The number of imidazole rings is 1. The first-order valence-electron chi connectivity index (χ1n) is 21.7. The number of nitrogens with zero attached hydrogens (tertiary/aromatic N) is 6. The third-order valence-electron chi connectivity index (χ3n) is 11.8. The molecule has 0 bridgehead atoms. The number of halogens is 2. The van der Waals surface area contributed by atoms with Crippen molar-refractivity contribution in [2.45, 2.75) is 89.5 Å². The summed E-state index contributed by atoms with van der Waals surface area (Å²) >= 11 is 0. The molecule has 0 saturated heterocycles. The zero-order valence-corrected chi connectivity index (χ0v) is 35.3. The number of fused-ring (bicyclic) bond motifs is 1. The molecule has 1 N–H and O–H groups in total. The van der Waals surface area contributed by atoms with Gasteiger partial charge < -0.3 is 19.2 Å². The van der Waals surface area contributed by atoms with Crippen LogP contribution in [0.2, 0.25) is 0 Å². The van der Waals surface area contributed by atoms with Crippen molar-refractivity contribution in [2.24, 2.45) is 13.0 Å². The van der Waals surface area contributed by atoms with E-state index >= 15 is 0 Å². The van der Waals surface area contributed by atoms with Crippen LogP contribution in [0.25, 0.3) is 28.2 Å². The highest BCUT2D eigenvalue weighted by atomic mass is 19.3. The van der Waals surface area contributed by atoms with Crippen LogP contribution in [0, 0.1) is 5.92 Å². The van der Waals surface area contributed by atoms with Gasteiger partial charge in [-0.3, -0.25) is 28.5 Å². The average Bonchev–Trinajstić information content (AvgIpc) is 3.68. The number of hydrogen-bond donors (Lipinski definition) is 1. The predicted molar refractivity (Wildman–Crippen MR) is 230 cm³/mol. The summed E-state index contributed by atoms with van der Waals surface area (Å²) < 4.78 is 49.7. The Labute approximate surface area is 362 Å². The molecule has 2 aliphatic carbocycles. The van der Waals surface area contributed by atoms with E-state index in [1.807, 2.05) is 36.4 Å². The van der Waals surface area contributed by atoms with E-state index in [4.69, 9.17) is 13.9 Å². The highest BCUT2D eigenvalue weighted by molar-refractivity contribution is 6.04. The van der Waals surface area contributed by atoms with Crippen molar-refractivity contribution in [1.82, 2.24) is 28.9 Å². The van der Waals surface area contributed by atoms with Crippen LogP contribution in [0.1, 0.15) is 103 Å². The standard InChI is InChI=1S/C47H51F2N7O7/c1-54-43-32(7-4-9-40(43)56(47(54)60)39-19-18-36(57)27-41(39)58)8-5-23-62-25-24-61-22-3-2-6-30-13-16-35(17-14-30)55-28-37(42(53-55)44(48)49)51-45(59)38-29-63-46(52-38)33-20-21-50-34(26-33)15-12-31-10-11-31/h4,7,9,13-14,16-17,20-21,26,28-29,31,39,44H,2-3,5-6,8,10-12,15,18-19,22-25,27H2,1H3,(H,51,59). The van der Waals surface area contributed by atoms with Gasteiger partial charge >= 0.3 is 5.69 Å². The fraction of sp³-hybridized carbons (Fsp3) is 0.426. The fourth-order valence-corrected chi connectivity index (χ4v) is 8.17. The fourth-order valence-electron chi connectivity index (χ4n) is 8.17. The summed E-state index contributed by atoms with van der Waals surface area (Å²) in [5.74, 6) is 0.0486. The van der Waals surface area contributed by atoms with E-state index in [-0.39, 0.29) is 40.9 Å². The maximum Gasteiger partial charge on any atom is 0.329 e. The Balaban J connectivity index is 0.738. The minimum absolute atomic E-state index is 0.0459. The molecule has 2 fully saturated rings. The van der Waals surface area contributed by atoms with Gasteiger partial charge in [0.25, 0.3) is 12.3 Å². The molecule has 2 saturated carbocycles. The Morgan fingerprint density at radius 3 is 2.49 bits per heavy atom. The van der Waals surface area contributed by atoms with Gasteiger partial charge in [-0.2, -0.15) is 5.10 Å². The first kappa shape index (κ1) is 43.5. The Hall–Kier alpha value is -6.13. The van der Waals surface area contributed by atoms with E-state index in [2.05, 4.69) is 20.4 Å². The number of nitrogens with one attached hydrogen (secondary N) is 1. The number of ether oxygens (including phenoxy) is 2. The Bertz CT molecular complexity index is 2630. The molecule has 0 spiro atoms. The van der Waals surface area contributed by atoms with E-state index in [0.29, 0.717) is 62.5 Å². The van der Waals surface area contributed by atoms with Crippen molar-refractivity contribution in [2.75, 3.05) is 31.7 Å². The number of benzene rings is 2. The van der Waals surface area contributed by atoms with Crippen LogP contribution in [0.15, 0.2) is 82.5 Å². The van der Waals surface area contributed by atoms with Gasteiger partial charge in [0.15, 0.2) is 17.2 Å². The SMILES string of the molecule is Cn1c(=O)n(C2CCC(=O)CC2=O)c2cccc(CCCOCCOCCCCc3ccc(-n4cc(NC(=O)c5coc(-c6ccnc(CCC7CC7)c6)n5)c(C(F)F)n4)cc3)c21. The number of pyridine rings is 1. The number of oxazole rings is 1. The van der Waals surface area contributed by atoms with Gasteiger partial charge in [0.05, 0.1) is 54.3 Å².